The average Bonchev–Trinajstić information content (AvgIpc) is 3.37. The van der Waals surface area contributed by atoms with Crippen LogP contribution in [0, 0.1) is 5.82 Å². The summed E-state index contributed by atoms with van der Waals surface area (Å²) >= 11 is 0. The average molecular weight is 425 g/mol. The van der Waals surface area contributed by atoms with Crippen molar-refractivity contribution in [3.8, 4) is 5.75 Å². The molecule has 2 aliphatic heterocycles. The predicted octanol–water partition coefficient (Wildman–Crippen LogP) is 3.83. The van der Waals surface area contributed by atoms with Crippen LogP contribution in [0.3, 0.4) is 0 Å². The number of aliphatic hydroxyl groups excluding tert-OH is 1. The normalized spacial score (nSPS) is 22.8. The van der Waals surface area contributed by atoms with Crippen molar-refractivity contribution in [2.24, 2.45) is 0 Å². The van der Waals surface area contributed by atoms with E-state index in [4.69, 9.17) is 9.47 Å². The molecule has 2 saturated heterocycles. The first-order valence-corrected chi connectivity index (χ1v) is 10.4. The molecule has 6 nitrogen and oxygen atoms in total. The lowest BCUT2D eigenvalue weighted by molar-refractivity contribution is -0.140. The first kappa shape index (κ1) is 21.1. The number of carbonyl (C=O) groups excluding carboxylic acids is 2. The number of hydrogen-bond acceptors (Lipinski definition) is 5. The highest BCUT2D eigenvalue weighted by Gasteiger charge is 2.47. The van der Waals surface area contributed by atoms with Gasteiger partial charge in [0.15, 0.2) is 0 Å². The molecule has 2 aromatic rings. The maximum Gasteiger partial charge on any atom is 0.295 e. The number of benzene rings is 2. The molecular formula is C24H24FNO5. The summed E-state index contributed by atoms with van der Waals surface area (Å²) in [4.78, 5) is 27.5. The van der Waals surface area contributed by atoms with Gasteiger partial charge in [-0.25, -0.2) is 4.39 Å². The fourth-order valence-corrected chi connectivity index (χ4v) is 4.16. The molecule has 0 bridgehead atoms. The molecule has 2 aromatic carbocycles. The molecule has 2 heterocycles. The molecule has 162 valence electrons. The second-order valence-corrected chi connectivity index (χ2v) is 7.56. The van der Waals surface area contributed by atoms with E-state index in [9.17, 15) is 19.1 Å². The van der Waals surface area contributed by atoms with Crippen LogP contribution in [-0.4, -0.2) is 47.6 Å². The van der Waals surface area contributed by atoms with E-state index in [2.05, 4.69) is 0 Å². The van der Waals surface area contributed by atoms with E-state index in [-0.39, 0.29) is 29.5 Å². The molecule has 2 unspecified atom stereocenters. The summed E-state index contributed by atoms with van der Waals surface area (Å²) in [7, 11) is 0. The second-order valence-electron chi connectivity index (χ2n) is 7.56. The first-order chi connectivity index (χ1) is 15.0. The summed E-state index contributed by atoms with van der Waals surface area (Å²) in [5, 5.41) is 11.0. The van der Waals surface area contributed by atoms with E-state index in [1.54, 1.807) is 24.3 Å². The number of aliphatic hydroxyl groups is 1. The highest BCUT2D eigenvalue weighted by molar-refractivity contribution is 6.46. The van der Waals surface area contributed by atoms with Crippen molar-refractivity contribution in [3.05, 3.63) is 71.0 Å². The molecule has 0 spiro atoms. The molecular weight excluding hydrogens is 401 g/mol. The third kappa shape index (κ3) is 4.05. The van der Waals surface area contributed by atoms with Crippen LogP contribution in [0.2, 0.25) is 0 Å². The molecule has 7 heteroatoms. The lowest BCUT2D eigenvalue weighted by atomic mass is 9.94. The third-order valence-electron chi connectivity index (χ3n) is 5.60. The Morgan fingerprint density at radius 3 is 2.61 bits per heavy atom. The predicted molar refractivity (Wildman–Crippen MR) is 112 cm³/mol. The van der Waals surface area contributed by atoms with Gasteiger partial charge < -0.3 is 19.5 Å². The first-order valence-electron chi connectivity index (χ1n) is 10.4. The van der Waals surface area contributed by atoms with Crippen LogP contribution in [0.5, 0.6) is 5.75 Å². The summed E-state index contributed by atoms with van der Waals surface area (Å²) in [6.07, 6.45) is 1.51. The van der Waals surface area contributed by atoms with Gasteiger partial charge in [-0.1, -0.05) is 18.2 Å². The van der Waals surface area contributed by atoms with Gasteiger partial charge >= 0.3 is 0 Å². The quantitative estimate of drug-likeness (QED) is 0.433. The van der Waals surface area contributed by atoms with Gasteiger partial charge in [0.05, 0.1) is 24.3 Å². The van der Waals surface area contributed by atoms with Crippen molar-refractivity contribution in [2.45, 2.75) is 31.9 Å². The fourth-order valence-electron chi connectivity index (χ4n) is 4.16. The van der Waals surface area contributed by atoms with E-state index < -0.39 is 23.5 Å². The minimum Gasteiger partial charge on any atom is -0.507 e. The zero-order chi connectivity index (χ0) is 22.0. The van der Waals surface area contributed by atoms with Gasteiger partial charge in [0.1, 0.15) is 17.3 Å². The van der Waals surface area contributed by atoms with Crippen molar-refractivity contribution >= 4 is 17.4 Å². The summed E-state index contributed by atoms with van der Waals surface area (Å²) in [6.45, 7) is 3.10. The summed E-state index contributed by atoms with van der Waals surface area (Å²) in [5.41, 5.74) is 0.822. The molecule has 0 saturated carbocycles. The molecule has 31 heavy (non-hydrogen) atoms. The smallest absolute Gasteiger partial charge is 0.295 e. The fraction of sp³-hybridized carbons (Fsp3) is 0.333. The Kier molecular flexibility index (Phi) is 6.04. The summed E-state index contributed by atoms with van der Waals surface area (Å²) in [5.74, 6) is -1.76. The third-order valence-corrected chi connectivity index (χ3v) is 5.60. The van der Waals surface area contributed by atoms with Crippen LogP contribution in [0.4, 0.5) is 4.39 Å². The lowest BCUT2D eigenvalue weighted by Crippen LogP contribution is -2.36. The maximum absolute atomic E-state index is 13.4. The van der Waals surface area contributed by atoms with Gasteiger partial charge in [-0.15, -0.1) is 0 Å². The Balaban J connectivity index is 1.85. The number of carbonyl (C=O) groups is 2. The van der Waals surface area contributed by atoms with E-state index in [0.29, 0.717) is 24.5 Å². The van der Waals surface area contributed by atoms with Crippen LogP contribution >= 0.6 is 0 Å². The topological polar surface area (TPSA) is 76.1 Å². The lowest BCUT2D eigenvalue weighted by Gasteiger charge is -2.28. The number of Topliss-reactive ketones (excluding diaryl/α,β-unsaturated/α-hetero) is 1. The van der Waals surface area contributed by atoms with Gasteiger partial charge in [0.2, 0.25) is 0 Å². The minimum absolute atomic E-state index is 0.0400. The molecule has 2 fully saturated rings. The Morgan fingerprint density at radius 1 is 1.19 bits per heavy atom. The zero-order valence-corrected chi connectivity index (χ0v) is 17.2. The van der Waals surface area contributed by atoms with E-state index in [1.165, 1.54) is 29.2 Å². The SMILES string of the molecule is CCOc1ccccc1C1/C(=C(/O)c2ccc(F)cc2)C(=O)C(=O)N1CC1CCCO1. The number of rotatable bonds is 6. The Morgan fingerprint density at radius 2 is 1.94 bits per heavy atom. The van der Waals surface area contributed by atoms with Gasteiger partial charge in [0.25, 0.3) is 11.7 Å². The monoisotopic (exact) mass is 425 g/mol. The molecule has 0 aromatic heterocycles. The molecule has 2 atom stereocenters. The number of halogens is 1. The van der Waals surface area contributed by atoms with Crippen LogP contribution in [-0.2, 0) is 14.3 Å². The van der Waals surface area contributed by atoms with Gasteiger partial charge in [-0.3, -0.25) is 9.59 Å². The molecule has 4 rings (SSSR count). The van der Waals surface area contributed by atoms with Gasteiger partial charge in [-0.05, 0) is 50.1 Å². The number of para-hydroxylation sites is 1. The number of ether oxygens (including phenoxy) is 2. The second kappa shape index (κ2) is 8.89. The largest absolute Gasteiger partial charge is 0.507 e. The van der Waals surface area contributed by atoms with Gasteiger partial charge in [0, 0.05) is 24.3 Å². The van der Waals surface area contributed by atoms with Crippen molar-refractivity contribution in [3.63, 3.8) is 0 Å². The van der Waals surface area contributed by atoms with Crippen LogP contribution in [0.15, 0.2) is 54.1 Å². The maximum atomic E-state index is 13.4. The number of amides is 1. The van der Waals surface area contributed by atoms with Crippen molar-refractivity contribution in [2.75, 3.05) is 19.8 Å². The molecule has 0 radical (unpaired) electrons. The Bertz CT molecular complexity index is 1010. The van der Waals surface area contributed by atoms with Crippen LogP contribution in [0.1, 0.15) is 36.9 Å². The molecule has 1 amide bonds. The number of likely N-dealkylation sites (tertiary alicyclic amines) is 1. The van der Waals surface area contributed by atoms with Crippen molar-refractivity contribution in [1.82, 2.24) is 4.90 Å². The summed E-state index contributed by atoms with van der Waals surface area (Å²) < 4.78 is 24.8. The Hall–Kier alpha value is -3.19. The highest BCUT2D eigenvalue weighted by atomic mass is 19.1. The number of nitrogens with zero attached hydrogens (tertiary/aromatic N) is 1. The molecule has 1 N–H and O–H groups in total. The van der Waals surface area contributed by atoms with Crippen LogP contribution in [0.25, 0.3) is 5.76 Å². The molecule has 0 aliphatic carbocycles. The van der Waals surface area contributed by atoms with E-state index >= 15 is 0 Å². The van der Waals surface area contributed by atoms with Crippen molar-refractivity contribution in [1.29, 1.82) is 0 Å². The number of ketones is 1. The number of hydrogen-bond donors (Lipinski definition) is 1. The highest BCUT2D eigenvalue weighted by Crippen LogP contribution is 2.43. The Labute approximate surface area is 179 Å². The van der Waals surface area contributed by atoms with Crippen LogP contribution < -0.4 is 4.74 Å². The van der Waals surface area contributed by atoms with Gasteiger partial charge in [-0.2, -0.15) is 0 Å². The van der Waals surface area contributed by atoms with E-state index in [0.717, 1.165) is 12.8 Å². The van der Waals surface area contributed by atoms with Crippen molar-refractivity contribution < 1.29 is 28.6 Å². The van der Waals surface area contributed by atoms with E-state index in [1.807, 2.05) is 6.92 Å². The summed E-state index contributed by atoms with van der Waals surface area (Å²) in [6, 6.07) is 11.5. The molecule has 2 aliphatic rings. The minimum atomic E-state index is -0.836. The standard InChI is InChI=1S/C24H24FNO5/c1-2-30-19-8-4-3-7-18(19)21-20(22(27)15-9-11-16(25)12-10-15)23(28)24(29)26(21)14-17-6-5-13-31-17/h3-4,7-12,17,21,27H,2,5-6,13-14H2,1H3/b22-20-. The zero-order valence-electron chi connectivity index (χ0n) is 17.2.